The topological polar surface area (TPSA) is 17.1 Å². The third-order valence-electron chi connectivity index (χ3n) is 1.60. The average Bonchev–Trinajstić information content (AvgIpc) is 2.15. The van der Waals surface area contributed by atoms with Gasteiger partial charge in [-0.3, -0.25) is 4.79 Å². The molecule has 1 rings (SSSR count). The van der Waals surface area contributed by atoms with Crippen LogP contribution in [0.5, 0.6) is 0 Å². The second kappa shape index (κ2) is 4.50. The summed E-state index contributed by atoms with van der Waals surface area (Å²) < 4.78 is 0. The van der Waals surface area contributed by atoms with E-state index in [1.54, 1.807) is 0 Å². The van der Waals surface area contributed by atoms with Crippen LogP contribution in [0.4, 0.5) is 0 Å². The Balaban J connectivity index is 2.96. The summed E-state index contributed by atoms with van der Waals surface area (Å²) in [6, 6.07) is 9.57. The number of allylic oxidation sites excluding steroid dienone is 2. The van der Waals surface area contributed by atoms with Gasteiger partial charge in [-0.15, -0.1) is 0 Å². The Morgan fingerprint density at radius 2 is 2.08 bits per heavy atom. The van der Waals surface area contributed by atoms with Gasteiger partial charge in [0.1, 0.15) is 0 Å². The third kappa shape index (κ3) is 2.06. The monoisotopic (exact) mass is 159 g/mol. The van der Waals surface area contributed by atoms with Crippen molar-refractivity contribution in [3.63, 3.8) is 0 Å². The Labute approximate surface area is 72.7 Å². The lowest BCUT2D eigenvalue weighted by Crippen LogP contribution is -1.83. The summed E-state index contributed by atoms with van der Waals surface area (Å²) in [4.78, 5) is 10.5. The van der Waals surface area contributed by atoms with Gasteiger partial charge in [-0.1, -0.05) is 43.3 Å². The van der Waals surface area contributed by atoms with E-state index in [0.29, 0.717) is 5.57 Å². The number of hydrogen-bond donors (Lipinski definition) is 0. The first-order chi connectivity index (χ1) is 5.88. The van der Waals surface area contributed by atoms with E-state index in [9.17, 15) is 4.79 Å². The highest BCUT2D eigenvalue weighted by atomic mass is 16.1. The Hall–Kier alpha value is -1.37. The molecule has 1 aromatic carbocycles. The largest absolute Gasteiger partial charge is 0.285 e. The molecule has 0 N–H and O–H groups in total. The van der Waals surface area contributed by atoms with Gasteiger partial charge in [0.2, 0.25) is 6.29 Å². The molecule has 61 valence electrons. The fourth-order valence-corrected chi connectivity index (χ4v) is 1.04. The van der Waals surface area contributed by atoms with E-state index in [4.69, 9.17) is 0 Å². The zero-order valence-corrected chi connectivity index (χ0v) is 7.08. The smallest absolute Gasteiger partial charge is 0.233 e. The summed E-state index contributed by atoms with van der Waals surface area (Å²) in [6.45, 7) is 2.00. The lowest BCUT2D eigenvalue weighted by Gasteiger charge is -1.96. The Kier molecular flexibility index (Phi) is 3.27. The van der Waals surface area contributed by atoms with Gasteiger partial charge in [0, 0.05) is 5.57 Å². The molecular weight excluding hydrogens is 148 g/mol. The zero-order chi connectivity index (χ0) is 8.81. The van der Waals surface area contributed by atoms with Crippen LogP contribution in [0.1, 0.15) is 18.9 Å². The molecule has 1 aromatic rings. The van der Waals surface area contributed by atoms with Gasteiger partial charge in [-0.05, 0) is 12.0 Å². The van der Waals surface area contributed by atoms with Crippen molar-refractivity contribution < 1.29 is 4.79 Å². The van der Waals surface area contributed by atoms with Crippen molar-refractivity contribution in [1.82, 2.24) is 0 Å². The maximum absolute atomic E-state index is 10.5. The van der Waals surface area contributed by atoms with Crippen LogP contribution in [0.2, 0.25) is 0 Å². The van der Waals surface area contributed by atoms with Crippen molar-refractivity contribution in [2.75, 3.05) is 0 Å². The fraction of sp³-hybridized carbons (Fsp3) is 0.182. The molecule has 0 saturated carbocycles. The van der Waals surface area contributed by atoms with Gasteiger partial charge >= 0.3 is 0 Å². The molecule has 0 aromatic heterocycles. The highest BCUT2D eigenvalue weighted by Crippen LogP contribution is 2.11. The Morgan fingerprint density at radius 1 is 1.42 bits per heavy atom. The molecule has 0 aliphatic rings. The number of benzene rings is 1. The number of rotatable bonds is 3. The molecule has 1 nitrogen and oxygen atoms in total. The molecule has 0 saturated heterocycles. The molecule has 0 aliphatic carbocycles. The van der Waals surface area contributed by atoms with Crippen molar-refractivity contribution in [3.8, 4) is 0 Å². The van der Waals surface area contributed by atoms with Crippen LogP contribution in [0, 0.1) is 0 Å². The second-order valence-corrected chi connectivity index (χ2v) is 2.49. The fourth-order valence-electron chi connectivity index (χ4n) is 1.04. The van der Waals surface area contributed by atoms with E-state index >= 15 is 0 Å². The molecular formula is C11H11O. The van der Waals surface area contributed by atoms with Crippen LogP contribution in [-0.2, 0) is 4.79 Å². The normalized spacial score (nSPS) is 11.2. The van der Waals surface area contributed by atoms with Gasteiger partial charge in [0.15, 0.2) is 0 Å². The van der Waals surface area contributed by atoms with Crippen LogP contribution < -0.4 is 0 Å². The van der Waals surface area contributed by atoms with Crippen LogP contribution >= 0.6 is 0 Å². The zero-order valence-electron chi connectivity index (χ0n) is 7.08. The summed E-state index contributed by atoms with van der Waals surface area (Å²) >= 11 is 0. The quantitative estimate of drug-likeness (QED) is 0.619. The SMILES string of the molecule is CCC=C([C]=O)c1ccccc1. The summed E-state index contributed by atoms with van der Waals surface area (Å²) in [5, 5.41) is 0. The average molecular weight is 159 g/mol. The van der Waals surface area contributed by atoms with E-state index in [2.05, 4.69) is 0 Å². The van der Waals surface area contributed by atoms with Crippen LogP contribution in [-0.4, -0.2) is 6.29 Å². The molecule has 12 heavy (non-hydrogen) atoms. The molecule has 0 amide bonds. The van der Waals surface area contributed by atoms with E-state index in [0.717, 1.165) is 12.0 Å². The van der Waals surface area contributed by atoms with Crippen LogP contribution in [0.15, 0.2) is 36.4 Å². The number of carbonyl (C=O) groups excluding carboxylic acids is 1. The predicted molar refractivity (Wildman–Crippen MR) is 50.4 cm³/mol. The van der Waals surface area contributed by atoms with Crippen LogP contribution in [0.25, 0.3) is 5.57 Å². The molecule has 1 heteroatoms. The maximum atomic E-state index is 10.5. The van der Waals surface area contributed by atoms with Crippen molar-refractivity contribution in [3.05, 3.63) is 42.0 Å². The second-order valence-electron chi connectivity index (χ2n) is 2.49. The third-order valence-corrected chi connectivity index (χ3v) is 1.60. The first-order valence-corrected chi connectivity index (χ1v) is 4.02. The van der Waals surface area contributed by atoms with Crippen LogP contribution in [0.3, 0.4) is 0 Å². The minimum atomic E-state index is 0.651. The lowest BCUT2D eigenvalue weighted by atomic mass is 10.1. The Morgan fingerprint density at radius 3 is 2.58 bits per heavy atom. The van der Waals surface area contributed by atoms with Gasteiger partial charge in [-0.2, -0.15) is 0 Å². The van der Waals surface area contributed by atoms with E-state index < -0.39 is 0 Å². The standard InChI is InChI=1S/C11H11O/c1-2-6-11(9-12)10-7-4-3-5-8-10/h3-8H,2H2,1H3. The maximum Gasteiger partial charge on any atom is 0.233 e. The van der Waals surface area contributed by atoms with Gasteiger partial charge in [0.05, 0.1) is 0 Å². The van der Waals surface area contributed by atoms with Crippen molar-refractivity contribution in [1.29, 1.82) is 0 Å². The summed E-state index contributed by atoms with van der Waals surface area (Å²) in [5.41, 5.74) is 1.59. The highest BCUT2D eigenvalue weighted by molar-refractivity contribution is 6.07. The first-order valence-electron chi connectivity index (χ1n) is 4.02. The lowest BCUT2D eigenvalue weighted by molar-refractivity contribution is 0.565. The van der Waals surface area contributed by atoms with Crippen molar-refractivity contribution in [2.45, 2.75) is 13.3 Å². The molecule has 0 unspecified atom stereocenters. The summed E-state index contributed by atoms with van der Waals surface area (Å²) in [6.07, 6.45) is 4.67. The van der Waals surface area contributed by atoms with E-state index in [1.165, 1.54) is 0 Å². The molecule has 1 radical (unpaired) electrons. The molecule has 0 fully saturated rings. The van der Waals surface area contributed by atoms with Crippen molar-refractivity contribution >= 4 is 11.9 Å². The molecule has 0 heterocycles. The summed E-state index contributed by atoms with van der Waals surface area (Å²) in [5.74, 6) is 0. The molecule has 0 spiro atoms. The highest BCUT2D eigenvalue weighted by Gasteiger charge is 1.97. The Bertz CT molecular complexity index is 272. The minimum absolute atomic E-state index is 0.651. The summed E-state index contributed by atoms with van der Waals surface area (Å²) in [7, 11) is 0. The molecule has 0 bridgehead atoms. The predicted octanol–water partition coefficient (Wildman–Crippen LogP) is 2.59. The first kappa shape index (κ1) is 8.72. The minimum Gasteiger partial charge on any atom is -0.285 e. The van der Waals surface area contributed by atoms with Crippen molar-refractivity contribution in [2.24, 2.45) is 0 Å². The van der Waals surface area contributed by atoms with E-state index in [-0.39, 0.29) is 0 Å². The molecule has 0 atom stereocenters. The molecule has 0 aliphatic heterocycles. The number of hydrogen-bond acceptors (Lipinski definition) is 1. The van der Waals surface area contributed by atoms with Gasteiger partial charge in [0.25, 0.3) is 0 Å². The van der Waals surface area contributed by atoms with E-state index in [1.807, 2.05) is 49.6 Å². The van der Waals surface area contributed by atoms with Gasteiger partial charge in [-0.25, -0.2) is 0 Å². The van der Waals surface area contributed by atoms with Gasteiger partial charge < -0.3 is 0 Å².